The Balaban J connectivity index is 2.00. The van der Waals surface area contributed by atoms with Crippen LogP contribution in [0.15, 0.2) is 42.5 Å². The number of nitrogens with zero attached hydrogens (tertiary/aromatic N) is 1. The maximum absolute atomic E-state index is 12.5. The molecule has 0 atom stereocenters. The molecule has 0 aliphatic rings. The Morgan fingerprint density at radius 3 is 2.46 bits per heavy atom. The third-order valence-electron chi connectivity index (χ3n) is 3.34. The third-order valence-corrected chi connectivity index (χ3v) is 3.34. The van der Waals surface area contributed by atoms with E-state index < -0.39 is 17.6 Å². The van der Waals surface area contributed by atoms with E-state index in [-0.39, 0.29) is 12.2 Å². The summed E-state index contributed by atoms with van der Waals surface area (Å²) in [4.78, 5) is 12.0. The Morgan fingerprint density at radius 1 is 1.19 bits per heavy atom. The van der Waals surface area contributed by atoms with Crippen molar-refractivity contribution in [3.05, 3.63) is 53.6 Å². The summed E-state index contributed by atoms with van der Waals surface area (Å²) in [6.45, 7) is 2.08. The number of benzene rings is 2. The van der Waals surface area contributed by atoms with Crippen molar-refractivity contribution < 1.29 is 22.7 Å². The van der Waals surface area contributed by atoms with Crippen molar-refractivity contribution in [2.45, 2.75) is 13.1 Å². The predicted octanol–water partition coefficient (Wildman–Crippen LogP) is 4.03. The molecule has 0 aliphatic heterocycles. The first-order chi connectivity index (χ1) is 12.3. The van der Waals surface area contributed by atoms with Gasteiger partial charge in [0.1, 0.15) is 5.75 Å². The Hall–Kier alpha value is -3.21. The molecule has 0 fully saturated rings. The fourth-order valence-corrected chi connectivity index (χ4v) is 2.14. The van der Waals surface area contributed by atoms with Crippen molar-refractivity contribution in [2.24, 2.45) is 0 Å². The van der Waals surface area contributed by atoms with Gasteiger partial charge >= 0.3 is 6.18 Å². The van der Waals surface area contributed by atoms with E-state index in [9.17, 15) is 18.0 Å². The van der Waals surface area contributed by atoms with Crippen LogP contribution in [0.4, 0.5) is 24.5 Å². The van der Waals surface area contributed by atoms with Gasteiger partial charge in [0.15, 0.2) is 0 Å². The number of anilines is 2. The number of amides is 1. The number of hydrogen-bond acceptors (Lipinski definition) is 4. The van der Waals surface area contributed by atoms with Gasteiger partial charge in [0, 0.05) is 5.69 Å². The first-order valence-corrected chi connectivity index (χ1v) is 7.71. The Labute approximate surface area is 148 Å². The number of carbonyl (C=O) groups is 1. The van der Waals surface area contributed by atoms with Crippen LogP contribution in [-0.4, -0.2) is 19.1 Å². The molecule has 0 saturated heterocycles. The van der Waals surface area contributed by atoms with E-state index >= 15 is 0 Å². The van der Waals surface area contributed by atoms with Crippen LogP contribution in [0.25, 0.3) is 0 Å². The molecule has 0 unspecified atom stereocenters. The summed E-state index contributed by atoms with van der Waals surface area (Å²) in [6, 6.07) is 10.9. The number of halogens is 3. The zero-order valence-electron chi connectivity index (χ0n) is 13.9. The summed E-state index contributed by atoms with van der Waals surface area (Å²) in [6.07, 6.45) is -4.43. The van der Waals surface area contributed by atoms with Crippen molar-refractivity contribution in [1.29, 1.82) is 5.26 Å². The van der Waals surface area contributed by atoms with Crippen molar-refractivity contribution >= 4 is 17.3 Å². The third kappa shape index (κ3) is 5.14. The van der Waals surface area contributed by atoms with Crippen LogP contribution < -0.4 is 15.4 Å². The smallest absolute Gasteiger partial charge is 0.416 e. The SMILES string of the molecule is CCOc1ccc(C#N)cc1NCC(=O)Nc1ccc(C(F)(F)F)cc1. The number of nitriles is 1. The summed E-state index contributed by atoms with van der Waals surface area (Å²) in [5.74, 6) is 0.0448. The summed E-state index contributed by atoms with van der Waals surface area (Å²) >= 11 is 0. The largest absolute Gasteiger partial charge is 0.492 e. The molecule has 2 aromatic rings. The minimum absolute atomic E-state index is 0.143. The molecule has 2 aromatic carbocycles. The topological polar surface area (TPSA) is 74.1 Å². The average molecular weight is 363 g/mol. The van der Waals surface area contributed by atoms with Gasteiger partial charge < -0.3 is 15.4 Å². The fourth-order valence-electron chi connectivity index (χ4n) is 2.14. The fraction of sp³-hybridized carbons (Fsp3) is 0.222. The zero-order valence-corrected chi connectivity index (χ0v) is 13.9. The van der Waals surface area contributed by atoms with E-state index in [0.29, 0.717) is 23.6 Å². The molecule has 1 amide bonds. The Bertz CT molecular complexity index is 812. The van der Waals surface area contributed by atoms with E-state index in [0.717, 1.165) is 12.1 Å². The maximum atomic E-state index is 12.5. The molecule has 2 N–H and O–H groups in total. The summed E-state index contributed by atoms with van der Waals surface area (Å²) in [5, 5.41) is 14.3. The van der Waals surface area contributed by atoms with E-state index in [2.05, 4.69) is 10.6 Å². The van der Waals surface area contributed by atoms with E-state index in [1.165, 1.54) is 12.1 Å². The van der Waals surface area contributed by atoms with Crippen molar-refractivity contribution in [3.8, 4) is 11.8 Å². The highest BCUT2D eigenvalue weighted by Gasteiger charge is 2.29. The highest BCUT2D eigenvalue weighted by Crippen LogP contribution is 2.30. The van der Waals surface area contributed by atoms with E-state index in [4.69, 9.17) is 10.00 Å². The average Bonchev–Trinajstić information content (AvgIpc) is 2.60. The molecule has 0 saturated carbocycles. The minimum atomic E-state index is -4.43. The molecule has 0 bridgehead atoms. The summed E-state index contributed by atoms with van der Waals surface area (Å²) in [5.41, 5.74) is 0.344. The number of carbonyl (C=O) groups excluding carboxylic acids is 1. The lowest BCUT2D eigenvalue weighted by atomic mass is 10.2. The Kier molecular flexibility index (Phi) is 6.07. The molecular formula is C18H16F3N3O2. The normalized spacial score (nSPS) is 10.7. The molecule has 26 heavy (non-hydrogen) atoms. The molecule has 0 radical (unpaired) electrons. The van der Waals surface area contributed by atoms with Gasteiger partial charge in [0.2, 0.25) is 5.91 Å². The van der Waals surface area contributed by atoms with Gasteiger partial charge in [-0.25, -0.2) is 0 Å². The Morgan fingerprint density at radius 2 is 1.88 bits per heavy atom. The van der Waals surface area contributed by atoms with Gasteiger partial charge in [-0.2, -0.15) is 18.4 Å². The lowest BCUT2D eigenvalue weighted by Crippen LogP contribution is -2.22. The molecule has 5 nitrogen and oxygen atoms in total. The number of nitrogens with one attached hydrogen (secondary N) is 2. The van der Waals surface area contributed by atoms with Crippen LogP contribution in [0.3, 0.4) is 0 Å². The van der Waals surface area contributed by atoms with Crippen molar-refractivity contribution in [3.63, 3.8) is 0 Å². The summed E-state index contributed by atoms with van der Waals surface area (Å²) in [7, 11) is 0. The second-order valence-electron chi connectivity index (χ2n) is 5.23. The van der Waals surface area contributed by atoms with Crippen LogP contribution in [0.5, 0.6) is 5.75 Å². The minimum Gasteiger partial charge on any atom is -0.492 e. The number of ether oxygens (including phenoxy) is 1. The monoisotopic (exact) mass is 363 g/mol. The first-order valence-electron chi connectivity index (χ1n) is 7.71. The van der Waals surface area contributed by atoms with Gasteiger partial charge in [-0.3, -0.25) is 4.79 Å². The molecule has 0 heterocycles. The molecular weight excluding hydrogens is 347 g/mol. The quantitative estimate of drug-likeness (QED) is 0.813. The van der Waals surface area contributed by atoms with Crippen molar-refractivity contribution in [2.75, 3.05) is 23.8 Å². The second-order valence-corrected chi connectivity index (χ2v) is 5.23. The lowest BCUT2D eigenvalue weighted by molar-refractivity contribution is -0.137. The van der Waals surface area contributed by atoms with E-state index in [1.54, 1.807) is 25.1 Å². The molecule has 8 heteroatoms. The standard InChI is InChI=1S/C18H16F3N3O2/c1-2-26-16-8-3-12(10-22)9-15(16)23-11-17(25)24-14-6-4-13(5-7-14)18(19,20)21/h3-9,23H,2,11H2,1H3,(H,24,25). The molecule has 0 aromatic heterocycles. The number of alkyl halides is 3. The predicted molar refractivity (Wildman–Crippen MR) is 90.9 cm³/mol. The molecule has 0 spiro atoms. The van der Waals surface area contributed by atoms with Crippen LogP contribution >= 0.6 is 0 Å². The lowest BCUT2D eigenvalue weighted by Gasteiger charge is -2.13. The molecule has 0 aliphatic carbocycles. The van der Waals surface area contributed by atoms with Crippen LogP contribution in [0.2, 0.25) is 0 Å². The maximum Gasteiger partial charge on any atom is 0.416 e. The second kappa shape index (κ2) is 8.25. The van der Waals surface area contributed by atoms with Gasteiger partial charge in [0.25, 0.3) is 0 Å². The number of rotatable bonds is 6. The highest BCUT2D eigenvalue weighted by atomic mass is 19.4. The van der Waals surface area contributed by atoms with Gasteiger partial charge in [-0.05, 0) is 49.4 Å². The molecule has 136 valence electrons. The van der Waals surface area contributed by atoms with Gasteiger partial charge in [-0.1, -0.05) is 0 Å². The number of hydrogen-bond donors (Lipinski definition) is 2. The highest BCUT2D eigenvalue weighted by molar-refractivity contribution is 5.94. The molecule has 2 rings (SSSR count). The van der Waals surface area contributed by atoms with Crippen LogP contribution in [-0.2, 0) is 11.0 Å². The van der Waals surface area contributed by atoms with Crippen LogP contribution in [0.1, 0.15) is 18.1 Å². The van der Waals surface area contributed by atoms with E-state index in [1.807, 2.05) is 6.07 Å². The van der Waals surface area contributed by atoms with Gasteiger partial charge in [-0.15, -0.1) is 0 Å². The van der Waals surface area contributed by atoms with Crippen LogP contribution in [0, 0.1) is 11.3 Å². The first kappa shape index (κ1) is 19.1. The van der Waals surface area contributed by atoms with Crippen molar-refractivity contribution in [1.82, 2.24) is 0 Å². The zero-order chi connectivity index (χ0) is 19.2. The summed E-state index contributed by atoms with van der Waals surface area (Å²) < 4.78 is 43.0. The van der Waals surface area contributed by atoms with Gasteiger partial charge in [0.05, 0.1) is 36.0 Å².